The Kier molecular flexibility index (Phi) is 6.97. The first-order valence-corrected chi connectivity index (χ1v) is 11.4. The number of hydrogen-bond acceptors (Lipinski definition) is 3. The molecule has 0 aliphatic heterocycles. The van der Waals surface area contributed by atoms with Crippen LogP contribution in [-0.2, 0) is 14.8 Å². The fourth-order valence-electron chi connectivity index (χ4n) is 3.04. The molecule has 8 heteroatoms. The van der Waals surface area contributed by atoms with Gasteiger partial charge in [0.2, 0.25) is 5.91 Å². The zero-order chi connectivity index (χ0) is 22.6. The Labute approximate surface area is 186 Å². The number of anilines is 1. The van der Waals surface area contributed by atoms with Crippen LogP contribution in [0.4, 0.5) is 10.1 Å². The number of carbonyl (C=O) groups is 1. The van der Waals surface area contributed by atoms with Crippen molar-refractivity contribution in [3.63, 3.8) is 0 Å². The highest BCUT2D eigenvalue weighted by Crippen LogP contribution is 2.30. The fraction of sp³-hybridized carbons (Fsp3) is 0.174. The lowest BCUT2D eigenvalue weighted by molar-refractivity contribution is -0.120. The van der Waals surface area contributed by atoms with Gasteiger partial charge in [0.15, 0.2) is 0 Å². The lowest BCUT2D eigenvalue weighted by Crippen LogP contribution is -2.41. The number of carbonyl (C=O) groups excluding carboxylic acids is 1. The van der Waals surface area contributed by atoms with Crippen LogP contribution < -0.4 is 9.62 Å². The van der Waals surface area contributed by atoms with Gasteiger partial charge in [-0.05, 0) is 55.8 Å². The number of nitrogens with zero attached hydrogens (tertiary/aromatic N) is 1. The van der Waals surface area contributed by atoms with E-state index in [0.29, 0.717) is 5.56 Å². The van der Waals surface area contributed by atoms with Gasteiger partial charge in [0.05, 0.1) is 21.6 Å². The van der Waals surface area contributed by atoms with E-state index in [2.05, 4.69) is 5.32 Å². The molecule has 3 aromatic rings. The molecule has 3 aromatic carbocycles. The number of amides is 1. The Hall–Kier alpha value is -2.90. The summed E-state index contributed by atoms with van der Waals surface area (Å²) in [4.78, 5) is 12.8. The summed E-state index contributed by atoms with van der Waals surface area (Å²) < 4.78 is 40.9. The molecular formula is C23H22ClFN2O3S. The summed E-state index contributed by atoms with van der Waals surface area (Å²) in [5.41, 5.74) is 1.81. The van der Waals surface area contributed by atoms with E-state index in [0.717, 1.165) is 9.87 Å². The van der Waals surface area contributed by atoms with E-state index in [1.54, 1.807) is 55.5 Å². The lowest BCUT2D eigenvalue weighted by Gasteiger charge is -2.26. The molecule has 1 amide bonds. The number of benzene rings is 3. The lowest BCUT2D eigenvalue weighted by atomic mass is 10.1. The van der Waals surface area contributed by atoms with Crippen molar-refractivity contribution in [3.8, 4) is 0 Å². The second kappa shape index (κ2) is 9.49. The molecule has 0 aliphatic rings. The van der Waals surface area contributed by atoms with Gasteiger partial charge in [-0.25, -0.2) is 12.8 Å². The molecule has 31 heavy (non-hydrogen) atoms. The predicted octanol–water partition coefficient (Wildman–Crippen LogP) is 4.86. The molecule has 0 aliphatic carbocycles. The smallest absolute Gasteiger partial charge is 0.264 e. The third-order valence-electron chi connectivity index (χ3n) is 4.76. The largest absolute Gasteiger partial charge is 0.348 e. The normalized spacial score (nSPS) is 12.3. The third-order valence-corrected chi connectivity index (χ3v) is 6.86. The van der Waals surface area contributed by atoms with Gasteiger partial charge in [-0.1, -0.05) is 53.6 Å². The van der Waals surface area contributed by atoms with Crippen LogP contribution in [0.5, 0.6) is 0 Å². The maximum Gasteiger partial charge on any atom is 0.264 e. The molecule has 0 fully saturated rings. The van der Waals surface area contributed by atoms with Crippen molar-refractivity contribution in [2.75, 3.05) is 10.8 Å². The second-order valence-corrected chi connectivity index (χ2v) is 9.39. The summed E-state index contributed by atoms with van der Waals surface area (Å²) in [6.45, 7) is 3.12. The van der Waals surface area contributed by atoms with Crippen LogP contribution in [0.25, 0.3) is 0 Å². The molecule has 0 unspecified atom stereocenters. The van der Waals surface area contributed by atoms with E-state index >= 15 is 0 Å². The van der Waals surface area contributed by atoms with Crippen LogP contribution in [0.1, 0.15) is 24.1 Å². The molecule has 5 nitrogen and oxygen atoms in total. The van der Waals surface area contributed by atoms with E-state index in [-0.39, 0.29) is 21.4 Å². The summed E-state index contributed by atoms with van der Waals surface area (Å²) in [5, 5.41) is 2.96. The molecule has 1 atom stereocenters. The van der Waals surface area contributed by atoms with Crippen LogP contribution in [-0.4, -0.2) is 20.9 Å². The van der Waals surface area contributed by atoms with Crippen LogP contribution in [0, 0.1) is 12.7 Å². The zero-order valence-electron chi connectivity index (χ0n) is 17.0. The number of rotatable bonds is 7. The maximum absolute atomic E-state index is 13.4. The highest BCUT2D eigenvalue weighted by Gasteiger charge is 2.29. The van der Waals surface area contributed by atoms with Crippen molar-refractivity contribution in [2.45, 2.75) is 24.8 Å². The average molecular weight is 461 g/mol. The standard InChI is InChI=1S/C23H22ClFN2O3S/c1-16-7-13-20(14-8-16)31(29,30)27(22-6-4-3-5-21(22)24)15-23(28)26-17(2)18-9-11-19(25)12-10-18/h3-14,17H,15H2,1-2H3,(H,26,28)/t17-/m1/s1. The minimum atomic E-state index is -4.06. The van der Waals surface area contributed by atoms with E-state index < -0.39 is 28.5 Å². The van der Waals surface area contributed by atoms with Gasteiger partial charge < -0.3 is 5.32 Å². The number of aryl methyl sites for hydroxylation is 1. The van der Waals surface area contributed by atoms with Crippen molar-refractivity contribution in [1.29, 1.82) is 0 Å². The van der Waals surface area contributed by atoms with Crippen LogP contribution in [0.2, 0.25) is 5.02 Å². The van der Waals surface area contributed by atoms with Gasteiger partial charge in [-0.3, -0.25) is 9.10 Å². The summed E-state index contributed by atoms with van der Waals surface area (Å²) in [5.74, 6) is -0.899. The number of sulfonamides is 1. The molecular weight excluding hydrogens is 439 g/mol. The topological polar surface area (TPSA) is 66.5 Å². The molecule has 0 bridgehead atoms. The molecule has 0 radical (unpaired) electrons. The van der Waals surface area contributed by atoms with E-state index in [4.69, 9.17) is 11.6 Å². The maximum atomic E-state index is 13.4. The van der Waals surface area contributed by atoms with Crippen LogP contribution in [0.3, 0.4) is 0 Å². The zero-order valence-corrected chi connectivity index (χ0v) is 18.6. The average Bonchev–Trinajstić information content (AvgIpc) is 2.73. The van der Waals surface area contributed by atoms with Gasteiger partial charge in [-0.15, -0.1) is 0 Å². The van der Waals surface area contributed by atoms with Gasteiger partial charge in [0, 0.05) is 0 Å². The van der Waals surface area contributed by atoms with Crippen molar-refractivity contribution < 1.29 is 17.6 Å². The van der Waals surface area contributed by atoms with Gasteiger partial charge in [-0.2, -0.15) is 0 Å². The first-order valence-electron chi connectivity index (χ1n) is 9.57. The molecule has 0 heterocycles. The number of para-hydroxylation sites is 1. The minimum absolute atomic E-state index is 0.0532. The minimum Gasteiger partial charge on any atom is -0.348 e. The van der Waals surface area contributed by atoms with Crippen molar-refractivity contribution in [3.05, 3.63) is 94.8 Å². The Bertz CT molecular complexity index is 1170. The highest BCUT2D eigenvalue weighted by atomic mass is 35.5. The molecule has 162 valence electrons. The van der Waals surface area contributed by atoms with Crippen molar-refractivity contribution >= 4 is 33.2 Å². The number of halogens is 2. The fourth-order valence-corrected chi connectivity index (χ4v) is 4.77. The van der Waals surface area contributed by atoms with Gasteiger partial charge in [0.1, 0.15) is 12.4 Å². The van der Waals surface area contributed by atoms with E-state index in [1.165, 1.54) is 24.3 Å². The van der Waals surface area contributed by atoms with Crippen molar-refractivity contribution in [1.82, 2.24) is 5.32 Å². The molecule has 0 saturated carbocycles. The summed E-state index contributed by atoms with van der Waals surface area (Å²) in [6, 6.07) is 18.1. The molecule has 0 saturated heterocycles. The summed E-state index contributed by atoms with van der Waals surface area (Å²) in [6.07, 6.45) is 0. The number of nitrogens with one attached hydrogen (secondary N) is 1. The summed E-state index contributed by atoms with van der Waals surface area (Å²) >= 11 is 6.26. The monoisotopic (exact) mass is 460 g/mol. The summed E-state index contributed by atoms with van der Waals surface area (Å²) in [7, 11) is -4.06. The molecule has 1 N–H and O–H groups in total. The first kappa shape index (κ1) is 22.8. The van der Waals surface area contributed by atoms with Gasteiger partial charge in [0.25, 0.3) is 10.0 Å². The second-order valence-electron chi connectivity index (χ2n) is 7.12. The first-order chi connectivity index (χ1) is 14.7. The molecule has 3 rings (SSSR count). The van der Waals surface area contributed by atoms with Crippen LogP contribution >= 0.6 is 11.6 Å². The molecule has 0 aromatic heterocycles. The van der Waals surface area contributed by atoms with Crippen LogP contribution in [0.15, 0.2) is 77.7 Å². The quantitative estimate of drug-likeness (QED) is 0.547. The third kappa shape index (κ3) is 5.42. The Morgan fingerprint density at radius 2 is 1.65 bits per heavy atom. The molecule has 0 spiro atoms. The number of hydrogen-bond donors (Lipinski definition) is 1. The Morgan fingerprint density at radius 1 is 1.03 bits per heavy atom. The SMILES string of the molecule is Cc1ccc(S(=O)(=O)N(CC(=O)N[C@H](C)c2ccc(F)cc2)c2ccccc2Cl)cc1. The predicted molar refractivity (Wildman–Crippen MR) is 120 cm³/mol. The Morgan fingerprint density at radius 3 is 2.26 bits per heavy atom. The van der Waals surface area contributed by atoms with E-state index in [1.807, 2.05) is 6.92 Å². The van der Waals surface area contributed by atoms with Crippen molar-refractivity contribution in [2.24, 2.45) is 0 Å². The van der Waals surface area contributed by atoms with E-state index in [9.17, 15) is 17.6 Å². The Balaban J connectivity index is 1.90. The highest BCUT2D eigenvalue weighted by molar-refractivity contribution is 7.92. The van der Waals surface area contributed by atoms with Gasteiger partial charge >= 0.3 is 0 Å².